The van der Waals surface area contributed by atoms with E-state index in [1.54, 1.807) is 6.20 Å². The zero-order chi connectivity index (χ0) is 26.8. The number of hydrogen-bond acceptors (Lipinski definition) is 10. The Morgan fingerprint density at radius 3 is 2.63 bits per heavy atom. The van der Waals surface area contributed by atoms with Crippen LogP contribution in [0.4, 0.5) is 20.7 Å². The van der Waals surface area contributed by atoms with Crippen LogP contribution in [-0.4, -0.2) is 66.0 Å². The summed E-state index contributed by atoms with van der Waals surface area (Å²) in [6.07, 6.45) is 3.43. The Labute approximate surface area is 220 Å². The highest BCUT2D eigenvalue weighted by Crippen LogP contribution is 2.33. The number of nitrogens with two attached hydrogens (primary N) is 1. The number of aromatic nitrogens is 4. The Kier molecular flexibility index (Phi) is 7.59. The number of halogens is 2. The number of methoxy groups -OCH3 is 1. The fraction of sp³-hybridized carbons (Fsp3) is 0.538. The number of nitrogens with zero attached hydrogens (tertiary/aromatic N) is 6. The molecule has 2 unspecified atom stereocenters. The average molecular weight is 530 g/mol. The Bertz CT molecular complexity index is 1250. The molecule has 2 aliphatic rings. The van der Waals surface area contributed by atoms with Crippen LogP contribution in [0.15, 0.2) is 28.9 Å². The van der Waals surface area contributed by atoms with Crippen molar-refractivity contribution >= 4 is 12.0 Å². The molecule has 2 aromatic heterocycles. The molecule has 3 aromatic rings. The predicted molar refractivity (Wildman–Crippen MR) is 137 cm³/mol. The first-order valence-corrected chi connectivity index (χ1v) is 12.9. The average Bonchev–Trinajstić information content (AvgIpc) is 3.57. The van der Waals surface area contributed by atoms with Gasteiger partial charge in [-0.25, -0.2) is 13.8 Å². The lowest BCUT2D eigenvalue weighted by Crippen LogP contribution is -2.35. The second kappa shape index (κ2) is 11.1. The maximum Gasteiger partial charge on any atom is 0.324 e. The second-order valence-electron chi connectivity index (χ2n) is 10.2. The lowest BCUT2D eigenvalue weighted by Gasteiger charge is -2.30. The van der Waals surface area contributed by atoms with Crippen LogP contribution in [-0.2, 0) is 0 Å². The second-order valence-corrected chi connectivity index (χ2v) is 10.2. The third kappa shape index (κ3) is 5.50. The van der Waals surface area contributed by atoms with Gasteiger partial charge in [-0.2, -0.15) is 9.97 Å². The minimum atomic E-state index is -0.493. The van der Waals surface area contributed by atoms with E-state index < -0.39 is 17.7 Å². The standard InChI is InChI=1S/C26H33F2N7O3/c1-15(2)23-31-26(38-33-23)34-8-6-16(7-9-34)14-37-22-11-30-25(32-24(22)36-3)35-12-19(21(29)13-35)18-10-17(27)4-5-20(18)28/h4-5,10-11,15-16,19,21H,6-9,12-14,29H2,1-3H3. The van der Waals surface area contributed by atoms with Crippen molar-refractivity contribution in [3.05, 3.63) is 47.4 Å². The van der Waals surface area contributed by atoms with Gasteiger partial charge in [-0.05, 0) is 42.5 Å². The molecule has 0 saturated carbocycles. The molecule has 2 saturated heterocycles. The fourth-order valence-corrected chi connectivity index (χ4v) is 4.95. The Morgan fingerprint density at radius 2 is 1.92 bits per heavy atom. The van der Waals surface area contributed by atoms with Crippen molar-refractivity contribution in [1.82, 2.24) is 20.1 Å². The minimum Gasteiger partial charge on any atom is -0.486 e. The van der Waals surface area contributed by atoms with Crippen LogP contribution in [0.2, 0.25) is 0 Å². The van der Waals surface area contributed by atoms with Crippen LogP contribution in [0.25, 0.3) is 0 Å². The molecule has 10 nitrogen and oxygen atoms in total. The summed E-state index contributed by atoms with van der Waals surface area (Å²) in [5.41, 5.74) is 6.55. The molecular formula is C26H33F2N7O3. The molecule has 0 amide bonds. The molecule has 0 radical (unpaired) electrons. The first kappa shape index (κ1) is 26.1. The molecular weight excluding hydrogens is 496 g/mol. The number of hydrogen-bond donors (Lipinski definition) is 1. The van der Waals surface area contributed by atoms with Crippen molar-refractivity contribution in [2.75, 3.05) is 49.7 Å². The van der Waals surface area contributed by atoms with Gasteiger partial charge in [-0.1, -0.05) is 19.0 Å². The van der Waals surface area contributed by atoms with Crippen molar-refractivity contribution in [1.29, 1.82) is 0 Å². The van der Waals surface area contributed by atoms with E-state index >= 15 is 0 Å². The lowest BCUT2D eigenvalue weighted by molar-refractivity contribution is 0.210. The van der Waals surface area contributed by atoms with E-state index in [1.165, 1.54) is 13.2 Å². The molecule has 12 heteroatoms. The zero-order valence-corrected chi connectivity index (χ0v) is 21.8. The third-order valence-electron chi connectivity index (χ3n) is 7.22. The van der Waals surface area contributed by atoms with E-state index in [4.69, 9.17) is 19.7 Å². The van der Waals surface area contributed by atoms with Gasteiger partial charge in [0.2, 0.25) is 5.95 Å². The highest BCUT2D eigenvalue weighted by molar-refractivity contribution is 5.43. The summed E-state index contributed by atoms with van der Waals surface area (Å²) in [5, 5.41) is 4.05. The number of rotatable bonds is 8. The summed E-state index contributed by atoms with van der Waals surface area (Å²) in [6.45, 7) is 6.96. The molecule has 4 heterocycles. The monoisotopic (exact) mass is 529 g/mol. The van der Waals surface area contributed by atoms with E-state index in [0.29, 0.717) is 55.0 Å². The highest BCUT2D eigenvalue weighted by Gasteiger charge is 2.35. The van der Waals surface area contributed by atoms with E-state index in [2.05, 4.69) is 25.0 Å². The Morgan fingerprint density at radius 1 is 1.13 bits per heavy atom. The van der Waals surface area contributed by atoms with Gasteiger partial charge in [0.25, 0.3) is 5.88 Å². The summed E-state index contributed by atoms with van der Waals surface area (Å²) >= 11 is 0. The Hall–Kier alpha value is -3.54. The molecule has 204 valence electrons. The molecule has 38 heavy (non-hydrogen) atoms. The molecule has 0 aliphatic carbocycles. The van der Waals surface area contributed by atoms with Crippen LogP contribution < -0.4 is 25.0 Å². The quantitative estimate of drug-likeness (QED) is 0.465. The first-order valence-electron chi connectivity index (χ1n) is 12.9. The summed E-state index contributed by atoms with van der Waals surface area (Å²) in [7, 11) is 1.52. The van der Waals surface area contributed by atoms with Crippen LogP contribution in [0, 0.1) is 17.6 Å². The predicted octanol–water partition coefficient (Wildman–Crippen LogP) is 3.50. The van der Waals surface area contributed by atoms with E-state index in [9.17, 15) is 8.78 Å². The number of ether oxygens (including phenoxy) is 2. The molecule has 0 bridgehead atoms. The van der Waals surface area contributed by atoms with Crippen molar-refractivity contribution in [2.24, 2.45) is 11.7 Å². The Balaban J connectivity index is 1.18. The van der Waals surface area contributed by atoms with E-state index in [0.717, 1.165) is 38.1 Å². The summed E-state index contributed by atoms with van der Waals surface area (Å²) in [6, 6.07) is 3.61. The van der Waals surface area contributed by atoms with Gasteiger partial charge < -0.3 is 29.5 Å². The van der Waals surface area contributed by atoms with E-state index in [1.807, 2.05) is 18.7 Å². The minimum absolute atomic E-state index is 0.224. The highest BCUT2D eigenvalue weighted by atomic mass is 19.1. The maximum absolute atomic E-state index is 14.4. The molecule has 2 atom stereocenters. The van der Waals surface area contributed by atoms with Crippen LogP contribution in [0.1, 0.15) is 49.9 Å². The molecule has 5 rings (SSSR count). The van der Waals surface area contributed by atoms with Crippen molar-refractivity contribution in [2.45, 2.75) is 44.6 Å². The zero-order valence-electron chi connectivity index (χ0n) is 21.8. The molecule has 2 aliphatic heterocycles. The maximum atomic E-state index is 14.4. The van der Waals surface area contributed by atoms with Gasteiger partial charge >= 0.3 is 6.01 Å². The normalized spacial score (nSPS) is 20.4. The van der Waals surface area contributed by atoms with Crippen LogP contribution >= 0.6 is 0 Å². The largest absolute Gasteiger partial charge is 0.486 e. The van der Waals surface area contributed by atoms with Gasteiger partial charge in [0.05, 0.1) is 19.9 Å². The molecule has 2 fully saturated rings. The fourth-order valence-electron chi connectivity index (χ4n) is 4.95. The van der Waals surface area contributed by atoms with Crippen molar-refractivity contribution < 1.29 is 22.8 Å². The van der Waals surface area contributed by atoms with E-state index in [-0.39, 0.29) is 17.4 Å². The smallest absolute Gasteiger partial charge is 0.324 e. The van der Waals surface area contributed by atoms with Gasteiger partial charge in [0.15, 0.2) is 11.6 Å². The van der Waals surface area contributed by atoms with Crippen molar-refractivity contribution in [3.8, 4) is 11.6 Å². The topological polar surface area (TPSA) is 116 Å². The third-order valence-corrected chi connectivity index (χ3v) is 7.22. The molecule has 2 N–H and O–H groups in total. The number of piperidine rings is 1. The van der Waals surface area contributed by atoms with Crippen LogP contribution in [0.3, 0.4) is 0 Å². The van der Waals surface area contributed by atoms with Gasteiger partial charge in [0.1, 0.15) is 11.6 Å². The van der Waals surface area contributed by atoms with Crippen molar-refractivity contribution in [3.63, 3.8) is 0 Å². The summed E-state index contributed by atoms with van der Waals surface area (Å²) in [4.78, 5) is 17.4. The lowest BCUT2D eigenvalue weighted by atomic mass is 9.94. The molecule has 1 aromatic carbocycles. The van der Waals surface area contributed by atoms with Gasteiger partial charge in [-0.3, -0.25) is 0 Å². The molecule has 0 spiro atoms. The summed E-state index contributed by atoms with van der Waals surface area (Å²) < 4.78 is 45.0. The van der Waals surface area contributed by atoms with Gasteiger partial charge in [-0.15, -0.1) is 0 Å². The van der Waals surface area contributed by atoms with Gasteiger partial charge in [0, 0.05) is 44.1 Å². The number of anilines is 2. The SMILES string of the molecule is COc1nc(N2CC(N)C(c3cc(F)ccc3F)C2)ncc1OCC1CCN(c2nc(C(C)C)no2)CC1. The first-order chi connectivity index (χ1) is 18.3. The number of benzene rings is 1. The van der Waals surface area contributed by atoms with Crippen LogP contribution in [0.5, 0.6) is 11.6 Å². The summed E-state index contributed by atoms with van der Waals surface area (Å²) in [5.74, 6) is 1.11.